The summed E-state index contributed by atoms with van der Waals surface area (Å²) in [5.74, 6) is 0.607. The minimum absolute atomic E-state index is 0.00842. The molecule has 0 radical (unpaired) electrons. The Hall–Kier alpha value is -2.24. The van der Waals surface area contributed by atoms with Crippen molar-refractivity contribution in [2.24, 2.45) is 5.16 Å². The lowest BCUT2D eigenvalue weighted by molar-refractivity contribution is -0.141. The van der Waals surface area contributed by atoms with E-state index in [1.807, 2.05) is 11.8 Å². The summed E-state index contributed by atoms with van der Waals surface area (Å²) in [5, 5.41) is 14.2. The van der Waals surface area contributed by atoms with Crippen molar-refractivity contribution in [2.45, 2.75) is 71.0 Å². The fourth-order valence-electron chi connectivity index (χ4n) is 3.63. The van der Waals surface area contributed by atoms with E-state index in [0.717, 1.165) is 43.5 Å². The second-order valence-electron chi connectivity index (χ2n) is 7.31. The first-order chi connectivity index (χ1) is 13.1. The van der Waals surface area contributed by atoms with Crippen LogP contribution in [-0.2, 0) is 9.63 Å². The van der Waals surface area contributed by atoms with Gasteiger partial charge in [-0.15, -0.1) is 0 Å². The molecule has 1 N–H and O–H groups in total. The summed E-state index contributed by atoms with van der Waals surface area (Å²) < 4.78 is 5.96. The molecule has 6 heteroatoms. The van der Waals surface area contributed by atoms with E-state index < -0.39 is 6.10 Å². The van der Waals surface area contributed by atoms with Gasteiger partial charge in [0, 0.05) is 25.1 Å². The second-order valence-corrected chi connectivity index (χ2v) is 7.31. The summed E-state index contributed by atoms with van der Waals surface area (Å²) in [7, 11) is 0. The Labute approximate surface area is 161 Å². The van der Waals surface area contributed by atoms with E-state index in [1.165, 1.54) is 12.8 Å². The highest BCUT2D eigenvalue weighted by atomic mass is 16.6. The molecule has 1 aromatic carbocycles. The summed E-state index contributed by atoms with van der Waals surface area (Å²) >= 11 is 0. The zero-order chi connectivity index (χ0) is 19.2. The first kappa shape index (κ1) is 19.5. The van der Waals surface area contributed by atoms with E-state index in [1.54, 1.807) is 18.2 Å². The molecule has 3 rings (SSSR count). The number of nitrogens with zero attached hydrogens (tertiary/aromatic N) is 2. The number of ether oxygens (including phenoxy) is 1. The van der Waals surface area contributed by atoms with E-state index >= 15 is 0 Å². The molecule has 0 aromatic heterocycles. The molecule has 27 heavy (non-hydrogen) atoms. The number of phenols is 1. The first-order valence-electron chi connectivity index (χ1n) is 10.1. The van der Waals surface area contributed by atoms with Crippen molar-refractivity contribution in [1.29, 1.82) is 0 Å². The molecule has 1 fully saturated rings. The van der Waals surface area contributed by atoms with Crippen molar-refractivity contribution in [3.63, 3.8) is 0 Å². The minimum Gasteiger partial charge on any atom is -0.504 e. The van der Waals surface area contributed by atoms with Gasteiger partial charge in [-0.25, -0.2) is 0 Å². The standard InChI is InChI=1S/C21H30N2O4/c1-3-5-12-23(4-2)21(25)20-14-17(22-27-20)15-10-11-18(24)19(13-15)26-16-8-6-7-9-16/h10-11,13,16,20,24H,3-9,12,14H2,1-2H3. The molecule has 148 valence electrons. The Bertz CT molecular complexity index is 683. The normalized spacial score (nSPS) is 19.6. The lowest BCUT2D eigenvalue weighted by atomic mass is 10.0. The third-order valence-corrected chi connectivity index (χ3v) is 5.31. The summed E-state index contributed by atoms with van der Waals surface area (Å²) in [6, 6.07) is 5.22. The number of amides is 1. The highest BCUT2D eigenvalue weighted by Gasteiger charge is 2.32. The zero-order valence-corrected chi connectivity index (χ0v) is 16.3. The maximum absolute atomic E-state index is 12.7. The van der Waals surface area contributed by atoms with Crippen LogP contribution in [0.2, 0.25) is 0 Å². The molecule has 1 aliphatic heterocycles. The zero-order valence-electron chi connectivity index (χ0n) is 16.3. The number of carbonyl (C=O) groups excluding carboxylic acids is 1. The Morgan fingerprint density at radius 3 is 2.81 bits per heavy atom. The molecule has 0 bridgehead atoms. The Morgan fingerprint density at radius 2 is 2.11 bits per heavy atom. The van der Waals surface area contributed by atoms with E-state index in [9.17, 15) is 9.90 Å². The predicted octanol–water partition coefficient (Wildman–Crippen LogP) is 3.86. The molecule has 0 spiro atoms. The van der Waals surface area contributed by atoms with Gasteiger partial charge >= 0.3 is 0 Å². The quantitative estimate of drug-likeness (QED) is 0.750. The fraction of sp³-hybridized carbons (Fsp3) is 0.619. The summed E-state index contributed by atoms with van der Waals surface area (Å²) in [4.78, 5) is 19.9. The van der Waals surface area contributed by atoms with E-state index in [-0.39, 0.29) is 17.8 Å². The van der Waals surface area contributed by atoms with Gasteiger partial charge in [-0.05, 0) is 57.2 Å². The van der Waals surface area contributed by atoms with Gasteiger partial charge in [0.15, 0.2) is 11.5 Å². The van der Waals surface area contributed by atoms with Crippen LogP contribution in [0, 0.1) is 0 Å². The lowest BCUT2D eigenvalue weighted by Crippen LogP contribution is -2.39. The number of hydrogen-bond donors (Lipinski definition) is 1. The van der Waals surface area contributed by atoms with Crippen molar-refractivity contribution in [3.8, 4) is 11.5 Å². The van der Waals surface area contributed by atoms with Crippen molar-refractivity contribution in [3.05, 3.63) is 23.8 Å². The molecule has 1 aromatic rings. The first-order valence-corrected chi connectivity index (χ1v) is 10.1. The molecule has 2 aliphatic rings. The van der Waals surface area contributed by atoms with Crippen molar-refractivity contribution in [2.75, 3.05) is 13.1 Å². The monoisotopic (exact) mass is 374 g/mol. The van der Waals surface area contributed by atoms with Crippen LogP contribution in [0.4, 0.5) is 0 Å². The van der Waals surface area contributed by atoms with Crippen LogP contribution in [0.1, 0.15) is 64.4 Å². The number of aromatic hydroxyl groups is 1. The Kier molecular flexibility index (Phi) is 6.58. The summed E-state index contributed by atoms with van der Waals surface area (Å²) in [6.07, 6.45) is 6.46. The number of oxime groups is 1. The molecule has 1 saturated carbocycles. The van der Waals surface area contributed by atoms with Crippen molar-refractivity contribution >= 4 is 11.6 Å². The smallest absolute Gasteiger partial charge is 0.266 e. The van der Waals surface area contributed by atoms with Crippen LogP contribution in [0.5, 0.6) is 11.5 Å². The third-order valence-electron chi connectivity index (χ3n) is 5.31. The average molecular weight is 374 g/mol. The van der Waals surface area contributed by atoms with Crippen molar-refractivity contribution < 1.29 is 19.5 Å². The van der Waals surface area contributed by atoms with Crippen molar-refractivity contribution in [1.82, 2.24) is 4.90 Å². The number of likely N-dealkylation sites (N-methyl/N-ethyl adjacent to an activating group) is 1. The number of carbonyl (C=O) groups is 1. The lowest BCUT2D eigenvalue weighted by Gasteiger charge is -2.22. The Morgan fingerprint density at radius 1 is 1.33 bits per heavy atom. The van der Waals surface area contributed by atoms with Gasteiger partial charge in [0.25, 0.3) is 5.91 Å². The highest BCUT2D eigenvalue weighted by Crippen LogP contribution is 2.33. The maximum atomic E-state index is 12.7. The molecule has 1 amide bonds. The molecule has 1 atom stereocenters. The van der Waals surface area contributed by atoms with Crippen LogP contribution in [0.15, 0.2) is 23.4 Å². The molecule has 1 heterocycles. The second kappa shape index (κ2) is 9.11. The Balaban J connectivity index is 1.64. The van der Waals surface area contributed by atoms with Crippen LogP contribution >= 0.6 is 0 Å². The number of rotatable bonds is 8. The average Bonchev–Trinajstić information content (AvgIpc) is 3.36. The van der Waals surface area contributed by atoms with Gasteiger partial charge in [-0.1, -0.05) is 18.5 Å². The molecular weight excluding hydrogens is 344 g/mol. The molecular formula is C21H30N2O4. The van der Waals surface area contributed by atoms with E-state index in [2.05, 4.69) is 12.1 Å². The minimum atomic E-state index is -0.565. The SMILES string of the molecule is CCCCN(CC)C(=O)C1CC(c2ccc(O)c(OC3CCCC3)c2)=NO1. The number of benzene rings is 1. The van der Waals surface area contributed by atoms with Gasteiger partial charge in [-0.2, -0.15) is 0 Å². The van der Waals surface area contributed by atoms with Crippen LogP contribution < -0.4 is 4.74 Å². The van der Waals surface area contributed by atoms with Gasteiger partial charge < -0.3 is 19.6 Å². The van der Waals surface area contributed by atoms with E-state index in [0.29, 0.717) is 18.7 Å². The molecule has 1 unspecified atom stereocenters. The third kappa shape index (κ3) is 4.73. The van der Waals surface area contributed by atoms with Gasteiger partial charge in [0.2, 0.25) is 6.10 Å². The van der Waals surface area contributed by atoms with E-state index in [4.69, 9.17) is 9.57 Å². The van der Waals surface area contributed by atoms with Crippen LogP contribution in [0.25, 0.3) is 0 Å². The molecule has 1 aliphatic carbocycles. The topological polar surface area (TPSA) is 71.4 Å². The van der Waals surface area contributed by atoms with Gasteiger partial charge in [0.05, 0.1) is 11.8 Å². The predicted molar refractivity (Wildman–Crippen MR) is 104 cm³/mol. The fourth-order valence-corrected chi connectivity index (χ4v) is 3.63. The molecule has 6 nitrogen and oxygen atoms in total. The van der Waals surface area contributed by atoms with Gasteiger partial charge in [0.1, 0.15) is 0 Å². The largest absolute Gasteiger partial charge is 0.504 e. The molecule has 0 saturated heterocycles. The summed E-state index contributed by atoms with van der Waals surface area (Å²) in [6.45, 7) is 5.52. The summed E-state index contributed by atoms with van der Waals surface area (Å²) in [5.41, 5.74) is 1.55. The highest BCUT2D eigenvalue weighted by molar-refractivity contribution is 6.04. The maximum Gasteiger partial charge on any atom is 0.266 e. The number of hydrogen-bond acceptors (Lipinski definition) is 5. The van der Waals surface area contributed by atoms with Crippen LogP contribution in [-0.4, -0.2) is 46.9 Å². The number of phenolic OH excluding ortho intramolecular Hbond substituents is 1. The number of unbranched alkanes of at least 4 members (excludes halogenated alkanes) is 1. The van der Waals surface area contributed by atoms with Crippen LogP contribution in [0.3, 0.4) is 0 Å². The van der Waals surface area contributed by atoms with Gasteiger partial charge in [-0.3, -0.25) is 4.79 Å².